The number of rotatable bonds is 3. The monoisotopic (exact) mass is 288 g/mol. The third-order valence-corrected chi connectivity index (χ3v) is 4.31. The van der Waals surface area contributed by atoms with Crippen molar-refractivity contribution in [2.45, 2.75) is 12.5 Å². The van der Waals surface area contributed by atoms with Crippen LogP contribution in [0, 0.1) is 0 Å². The topological polar surface area (TPSA) is 38.9 Å². The summed E-state index contributed by atoms with van der Waals surface area (Å²) in [4.78, 5) is 4.59. The van der Waals surface area contributed by atoms with Gasteiger partial charge in [0.25, 0.3) is 0 Å². The van der Waals surface area contributed by atoms with Gasteiger partial charge < -0.3 is 5.73 Å². The minimum atomic E-state index is -0.0164. The number of benzene rings is 2. The first kappa shape index (κ1) is 12.6. The van der Waals surface area contributed by atoms with Crippen LogP contribution in [-0.4, -0.2) is 4.98 Å². The molecule has 96 valence electrons. The van der Waals surface area contributed by atoms with Gasteiger partial charge in [-0.2, -0.15) is 0 Å². The van der Waals surface area contributed by atoms with Crippen molar-refractivity contribution in [3.63, 3.8) is 0 Å². The van der Waals surface area contributed by atoms with Crippen LogP contribution in [0.25, 0.3) is 10.2 Å². The van der Waals surface area contributed by atoms with Crippen LogP contribution in [0.5, 0.6) is 0 Å². The number of hydrogen-bond donors (Lipinski definition) is 1. The lowest BCUT2D eigenvalue weighted by atomic mass is 10.1. The van der Waals surface area contributed by atoms with Crippen LogP contribution in [0.4, 0.5) is 0 Å². The molecule has 1 heterocycles. The van der Waals surface area contributed by atoms with Crippen molar-refractivity contribution >= 4 is 33.2 Å². The lowest BCUT2D eigenvalue weighted by Gasteiger charge is -2.09. The predicted octanol–water partition coefficient (Wildman–Crippen LogP) is 4.19. The summed E-state index contributed by atoms with van der Waals surface area (Å²) in [5, 5.41) is 1.77. The minimum Gasteiger partial charge on any atom is -0.324 e. The Labute approximate surface area is 120 Å². The van der Waals surface area contributed by atoms with E-state index in [0.717, 1.165) is 32.2 Å². The lowest BCUT2D eigenvalue weighted by Crippen LogP contribution is -2.12. The number of halogens is 1. The average Bonchev–Trinajstić information content (AvgIpc) is 2.81. The molecule has 0 aliphatic carbocycles. The number of hydrogen-bond acceptors (Lipinski definition) is 3. The second-order valence-corrected chi connectivity index (χ2v) is 5.99. The molecule has 3 rings (SSSR count). The number of fused-ring (bicyclic) bond motifs is 1. The van der Waals surface area contributed by atoms with E-state index in [1.807, 2.05) is 36.4 Å². The Hall–Kier alpha value is -1.42. The predicted molar refractivity (Wildman–Crippen MR) is 81.7 cm³/mol. The number of thiazole rings is 1. The van der Waals surface area contributed by atoms with Crippen molar-refractivity contribution in [1.29, 1.82) is 0 Å². The number of aromatic nitrogens is 1. The highest BCUT2D eigenvalue weighted by Gasteiger charge is 2.10. The maximum atomic E-state index is 6.22. The van der Waals surface area contributed by atoms with Crippen LogP contribution in [0.15, 0.2) is 48.5 Å². The van der Waals surface area contributed by atoms with Gasteiger partial charge in [0.2, 0.25) is 0 Å². The molecule has 0 aliphatic rings. The Morgan fingerprint density at radius 2 is 1.95 bits per heavy atom. The maximum Gasteiger partial charge on any atom is 0.0957 e. The van der Waals surface area contributed by atoms with Crippen LogP contribution in [0.3, 0.4) is 0 Å². The van der Waals surface area contributed by atoms with Gasteiger partial charge in [0.1, 0.15) is 0 Å². The smallest absolute Gasteiger partial charge is 0.0957 e. The third kappa shape index (κ3) is 2.78. The third-order valence-electron chi connectivity index (χ3n) is 3.02. The molecule has 4 heteroatoms. The van der Waals surface area contributed by atoms with Crippen molar-refractivity contribution in [3.05, 3.63) is 64.1 Å². The highest BCUT2D eigenvalue weighted by Crippen LogP contribution is 2.27. The normalized spacial score (nSPS) is 12.7. The van der Waals surface area contributed by atoms with E-state index < -0.39 is 0 Å². The van der Waals surface area contributed by atoms with Gasteiger partial charge in [0, 0.05) is 17.5 Å². The average molecular weight is 289 g/mol. The van der Waals surface area contributed by atoms with Gasteiger partial charge in [0.05, 0.1) is 15.2 Å². The first-order valence-corrected chi connectivity index (χ1v) is 7.27. The van der Waals surface area contributed by atoms with Gasteiger partial charge in [-0.3, -0.25) is 0 Å². The fourth-order valence-corrected chi connectivity index (χ4v) is 3.21. The highest BCUT2D eigenvalue weighted by atomic mass is 35.5. The summed E-state index contributed by atoms with van der Waals surface area (Å²) < 4.78 is 1.15. The molecular formula is C15H13ClN2S. The number of nitrogens with two attached hydrogens (primary N) is 1. The van der Waals surface area contributed by atoms with Crippen LogP contribution in [-0.2, 0) is 6.42 Å². The van der Waals surface area contributed by atoms with E-state index in [1.54, 1.807) is 11.3 Å². The molecular weight excluding hydrogens is 276 g/mol. The number of nitrogens with zero attached hydrogens (tertiary/aromatic N) is 1. The molecule has 0 spiro atoms. The molecule has 0 radical (unpaired) electrons. The quantitative estimate of drug-likeness (QED) is 0.785. The van der Waals surface area contributed by atoms with Crippen molar-refractivity contribution in [1.82, 2.24) is 4.98 Å². The summed E-state index contributed by atoms with van der Waals surface area (Å²) in [5.41, 5.74) is 8.31. The van der Waals surface area contributed by atoms with Gasteiger partial charge in [0.15, 0.2) is 0 Å². The molecule has 2 aromatic carbocycles. The second-order valence-electron chi connectivity index (χ2n) is 4.44. The Morgan fingerprint density at radius 1 is 1.16 bits per heavy atom. The molecule has 2 nitrogen and oxygen atoms in total. The van der Waals surface area contributed by atoms with Gasteiger partial charge in [-0.25, -0.2) is 4.98 Å². The SMILES string of the molecule is NC(Cc1nc2cc(Cl)ccc2s1)c1ccccc1. The molecule has 0 saturated heterocycles. The lowest BCUT2D eigenvalue weighted by molar-refractivity contribution is 0.719. The largest absolute Gasteiger partial charge is 0.324 e. The first-order chi connectivity index (χ1) is 9.22. The zero-order valence-corrected chi connectivity index (χ0v) is 11.8. The minimum absolute atomic E-state index is 0.0164. The van der Waals surface area contributed by atoms with Crippen molar-refractivity contribution in [2.75, 3.05) is 0 Å². The van der Waals surface area contributed by atoms with Gasteiger partial charge in [-0.15, -0.1) is 11.3 Å². The molecule has 0 aliphatic heterocycles. The Balaban J connectivity index is 1.85. The van der Waals surface area contributed by atoms with E-state index in [9.17, 15) is 0 Å². The van der Waals surface area contributed by atoms with E-state index in [1.165, 1.54) is 0 Å². The Morgan fingerprint density at radius 3 is 2.74 bits per heavy atom. The Kier molecular flexibility index (Phi) is 3.51. The first-order valence-electron chi connectivity index (χ1n) is 6.08. The summed E-state index contributed by atoms with van der Waals surface area (Å²) in [5.74, 6) is 0. The van der Waals surface area contributed by atoms with Crippen molar-refractivity contribution in [3.8, 4) is 0 Å². The van der Waals surface area contributed by atoms with Crippen molar-refractivity contribution in [2.24, 2.45) is 5.73 Å². The van der Waals surface area contributed by atoms with E-state index in [0.29, 0.717) is 0 Å². The van der Waals surface area contributed by atoms with Gasteiger partial charge >= 0.3 is 0 Å². The fraction of sp³-hybridized carbons (Fsp3) is 0.133. The molecule has 3 aromatic rings. The van der Waals surface area contributed by atoms with Gasteiger partial charge in [-0.05, 0) is 23.8 Å². The summed E-state index contributed by atoms with van der Waals surface area (Å²) in [6.45, 7) is 0. The van der Waals surface area contributed by atoms with Gasteiger partial charge in [-0.1, -0.05) is 41.9 Å². The molecule has 1 atom stereocenters. The standard InChI is InChI=1S/C15H13ClN2S/c16-11-6-7-14-13(8-11)18-15(19-14)9-12(17)10-4-2-1-3-5-10/h1-8,12H,9,17H2. The molecule has 0 fully saturated rings. The van der Waals surface area contributed by atoms with E-state index >= 15 is 0 Å². The zero-order chi connectivity index (χ0) is 13.2. The second kappa shape index (κ2) is 5.29. The molecule has 0 amide bonds. The summed E-state index contributed by atoms with van der Waals surface area (Å²) >= 11 is 7.65. The molecule has 19 heavy (non-hydrogen) atoms. The van der Waals surface area contributed by atoms with Crippen LogP contribution in [0.1, 0.15) is 16.6 Å². The maximum absolute atomic E-state index is 6.22. The van der Waals surface area contributed by atoms with E-state index in [4.69, 9.17) is 17.3 Å². The van der Waals surface area contributed by atoms with Crippen LogP contribution < -0.4 is 5.73 Å². The summed E-state index contributed by atoms with van der Waals surface area (Å²) in [6.07, 6.45) is 0.751. The molecule has 1 aromatic heterocycles. The van der Waals surface area contributed by atoms with E-state index in [-0.39, 0.29) is 6.04 Å². The summed E-state index contributed by atoms with van der Waals surface area (Å²) in [6, 6.07) is 15.9. The summed E-state index contributed by atoms with van der Waals surface area (Å²) in [7, 11) is 0. The molecule has 0 saturated carbocycles. The highest BCUT2D eigenvalue weighted by molar-refractivity contribution is 7.18. The van der Waals surface area contributed by atoms with Crippen LogP contribution in [0.2, 0.25) is 5.02 Å². The fourth-order valence-electron chi connectivity index (χ4n) is 2.04. The van der Waals surface area contributed by atoms with E-state index in [2.05, 4.69) is 17.1 Å². The molecule has 1 unspecified atom stereocenters. The molecule has 0 bridgehead atoms. The zero-order valence-electron chi connectivity index (χ0n) is 10.2. The van der Waals surface area contributed by atoms with Crippen molar-refractivity contribution < 1.29 is 0 Å². The Bertz CT molecular complexity index is 694. The van der Waals surface area contributed by atoms with Crippen LogP contribution >= 0.6 is 22.9 Å². The molecule has 2 N–H and O–H groups in total.